The Labute approximate surface area is 383 Å². The average molecular weight is 917 g/mol. The number of hydrogen-bond donors (Lipinski definition) is 6. The van der Waals surface area contributed by atoms with Crippen LogP contribution in [0.2, 0.25) is 0 Å². The monoisotopic (exact) mass is 916 g/mol. The van der Waals surface area contributed by atoms with Crippen molar-refractivity contribution >= 4 is 84.0 Å². The molecule has 2 aliphatic rings. The van der Waals surface area contributed by atoms with E-state index in [-0.39, 0.29) is 69.6 Å². The summed E-state index contributed by atoms with van der Waals surface area (Å²) in [5, 5.41) is 31.6. The average Bonchev–Trinajstić information content (AvgIpc) is 4.17. The highest BCUT2D eigenvalue weighted by Crippen LogP contribution is 2.30. The van der Waals surface area contributed by atoms with Crippen molar-refractivity contribution in [2.24, 2.45) is 33.6 Å². The fraction of sp³-hybridized carbons (Fsp3) is 0.289. The van der Waals surface area contributed by atoms with Gasteiger partial charge in [0, 0.05) is 46.8 Å². The van der Waals surface area contributed by atoms with E-state index < -0.39 is 11.9 Å². The van der Waals surface area contributed by atoms with Crippen LogP contribution in [0.5, 0.6) is 0 Å². The minimum absolute atomic E-state index is 0. The van der Waals surface area contributed by atoms with Crippen LogP contribution < -0.4 is 22.1 Å². The number of oxime groups is 2. The lowest BCUT2D eigenvalue weighted by atomic mass is 10.1. The van der Waals surface area contributed by atoms with Crippen molar-refractivity contribution in [3.63, 3.8) is 0 Å². The van der Waals surface area contributed by atoms with Gasteiger partial charge in [0.1, 0.15) is 46.6 Å². The van der Waals surface area contributed by atoms with Crippen LogP contribution in [0.25, 0.3) is 21.8 Å². The quantitative estimate of drug-likeness (QED) is 0.0234. The van der Waals surface area contributed by atoms with Crippen LogP contribution in [0.4, 0.5) is 20.4 Å². The van der Waals surface area contributed by atoms with Crippen LogP contribution in [0.15, 0.2) is 95.2 Å². The number of carbonyl (C=O) groups excluding carboxylic acids is 1. The third-order valence-electron chi connectivity index (χ3n) is 9.89. The number of nitrogens with one attached hydrogen (secondary N) is 2. The molecule has 2 saturated carbocycles. The zero-order valence-electron chi connectivity index (χ0n) is 34.9. The molecule has 6 aromatic rings. The number of aryl methyl sites for hydroxylation is 2. The van der Waals surface area contributed by atoms with Crippen molar-refractivity contribution in [1.29, 1.82) is 0 Å². The molecule has 0 spiro atoms. The molecule has 2 aromatic heterocycles. The third kappa shape index (κ3) is 14.0. The topological polar surface area (TPSA) is 236 Å². The van der Waals surface area contributed by atoms with E-state index in [0.29, 0.717) is 57.5 Å². The van der Waals surface area contributed by atoms with Crippen molar-refractivity contribution < 1.29 is 33.5 Å². The molecule has 0 aliphatic heterocycles. The molecule has 0 saturated heterocycles. The summed E-state index contributed by atoms with van der Waals surface area (Å²) in [5.74, 6) is 1.53. The first kappa shape index (κ1) is 51.7. The highest BCUT2D eigenvalue weighted by Gasteiger charge is 2.27. The van der Waals surface area contributed by atoms with Crippen LogP contribution in [-0.2, 0) is 4.84 Å². The molecule has 2 aliphatic carbocycles. The van der Waals surface area contributed by atoms with Crippen molar-refractivity contribution in [3.05, 3.63) is 130 Å². The number of carbonyl (C=O) groups is 2. The first-order valence-corrected chi connectivity index (χ1v) is 19.5. The number of fused-ring (bicyclic) bond motifs is 2. The van der Waals surface area contributed by atoms with Gasteiger partial charge in [0.15, 0.2) is 0 Å². The predicted octanol–water partition coefficient (Wildman–Crippen LogP) is 9.04. The van der Waals surface area contributed by atoms with E-state index in [0.717, 1.165) is 47.6 Å². The Hall–Kier alpha value is -6.60. The molecule has 19 heteroatoms. The van der Waals surface area contributed by atoms with Gasteiger partial charge < -0.3 is 37.3 Å². The summed E-state index contributed by atoms with van der Waals surface area (Å²) >= 11 is 0. The number of benzene rings is 4. The van der Waals surface area contributed by atoms with Gasteiger partial charge in [0.05, 0.1) is 22.2 Å². The molecule has 64 heavy (non-hydrogen) atoms. The number of rotatable bonds is 11. The summed E-state index contributed by atoms with van der Waals surface area (Å²) in [6, 6.07) is 22.3. The molecule has 340 valence electrons. The molecule has 8 N–H and O–H groups in total. The van der Waals surface area contributed by atoms with Gasteiger partial charge in [0.2, 0.25) is 0 Å². The number of aromatic nitrogens is 4. The first-order chi connectivity index (χ1) is 29.2. The number of anilines is 2. The predicted molar refractivity (Wildman–Crippen MR) is 256 cm³/mol. The lowest BCUT2D eigenvalue weighted by Crippen LogP contribution is -2.15. The van der Waals surface area contributed by atoms with Crippen molar-refractivity contribution in [3.8, 4) is 0 Å². The number of nitrogens with zero attached hydrogens (tertiary/aromatic N) is 6. The summed E-state index contributed by atoms with van der Waals surface area (Å²) in [6.07, 6.45) is 4.16. The Morgan fingerprint density at radius 2 is 1.09 bits per heavy atom. The number of aromatic carboxylic acids is 1. The number of halogens is 2. The summed E-state index contributed by atoms with van der Waals surface area (Å²) in [7, 11) is 0. The Bertz CT molecular complexity index is 2600. The maximum absolute atomic E-state index is 13.5. The summed E-state index contributed by atoms with van der Waals surface area (Å²) in [6.45, 7) is 7.43. The molecule has 15 nitrogen and oxygen atoms in total. The van der Waals surface area contributed by atoms with Gasteiger partial charge >= 0.3 is 11.9 Å². The van der Waals surface area contributed by atoms with Crippen LogP contribution in [-0.4, -0.2) is 53.9 Å². The molecule has 2 atom stereocenters. The zero-order chi connectivity index (χ0) is 43.8. The van der Waals surface area contributed by atoms with Crippen molar-refractivity contribution in [2.75, 3.05) is 10.6 Å². The number of carboxylic acids is 1. The second-order valence-corrected chi connectivity index (χ2v) is 14.8. The molecule has 2 fully saturated rings. The van der Waals surface area contributed by atoms with Crippen LogP contribution in [0, 0.1) is 37.3 Å². The Kier molecular flexibility index (Phi) is 18.7. The summed E-state index contributed by atoms with van der Waals surface area (Å²) < 4.78 is 26.9. The second-order valence-electron chi connectivity index (χ2n) is 14.8. The first-order valence-electron chi connectivity index (χ1n) is 19.5. The SMILES string of the molecule is C.Cc1nc(N[C@@H](C)c2ccc(C(=O)O)cc2)c2ccc(F)cc2n1.Cc1nc(N[C@@H](C)c2ccc(C(=O)O/N=C(\N)C3CC3)cc2)c2ccc(F)cc2n1.N/C(=N\O)C1CC1.S.S. The molecular formula is C45H54F2N10O5S2. The number of hydrogen-bond acceptors (Lipinski definition) is 12. The highest BCUT2D eigenvalue weighted by molar-refractivity contribution is 7.59. The largest absolute Gasteiger partial charge is 0.478 e. The maximum Gasteiger partial charge on any atom is 0.365 e. The number of amidine groups is 2. The minimum Gasteiger partial charge on any atom is -0.478 e. The number of carboxylic acid groups (broad SMARTS) is 1. The zero-order valence-corrected chi connectivity index (χ0v) is 36.9. The van der Waals surface area contributed by atoms with E-state index in [1.165, 1.54) is 24.3 Å². The van der Waals surface area contributed by atoms with Gasteiger partial charge in [-0.25, -0.2) is 38.3 Å². The van der Waals surface area contributed by atoms with Crippen LogP contribution in [0.3, 0.4) is 0 Å². The van der Waals surface area contributed by atoms with Gasteiger partial charge in [-0.1, -0.05) is 42.0 Å². The van der Waals surface area contributed by atoms with Gasteiger partial charge in [-0.15, -0.1) is 0 Å². The Morgan fingerprint density at radius 3 is 1.47 bits per heavy atom. The van der Waals surface area contributed by atoms with Crippen LogP contribution in [0.1, 0.15) is 103 Å². The molecule has 8 rings (SSSR count). The molecule has 0 unspecified atom stereocenters. The van der Waals surface area contributed by atoms with E-state index in [2.05, 4.69) is 40.9 Å². The van der Waals surface area contributed by atoms with Gasteiger partial charge in [-0.2, -0.15) is 27.0 Å². The normalized spacial score (nSPS) is 14.1. The Morgan fingerprint density at radius 1 is 0.688 bits per heavy atom. The number of nitrogens with two attached hydrogens (primary N) is 2. The molecule has 4 aromatic carbocycles. The second kappa shape index (κ2) is 23.2. The van der Waals surface area contributed by atoms with Crippen molar-refractivity contribution in [2.45, 2.75) is 72.9 Å². The fourth-order valence-electron chi connectivity index (χ4n) is 6.12. The van der Waals surface area contributed by atoms with Gasteiger partial charge in [-0.3, -0.25) is 0 Å². The third-order valence-corrected chi connectivity index (χ3v) is 9.89. The summed E-state index contributed by atoms with van der Waals surface area (Å²) in [5.41, 5.74) is 14.5. The minimum atomic E-state index is -0.957. The smallest absolute Gasteiger partial charge is 0.365 e. The molecule has 0 radical (unpaired) electrons. The Balaban J connectivity index is 0.000000288. The maximum atomic E-state index is 13.5. The molecule has 0 bridgehead atoms. The summed E-state index contributed by atoms with van der Waals surface area (Å²) in [4.78, 5) is 45.4. The lowest BCUT2D eigenvalue weighted by Gasteiger charge is -2.17. The molecule has 2 heterocycles. The lowest BCUT2D eigenvalue weighted by molar-refractivity contribution is 0.0513. The van der Waals surface area contributed by atoms with Gasteiger partial charge in [-0.05, 0) is 113 Å². The van der Waals surface area contributed by atoms with E-state index >= 15 is 0 Å². The van der Waals surface area contributed by atoms with Gasteiger partial charge in [0.25, 0.3) is 0 Å². The van der Waals surface area contributed by atoms with Crippen LogP contribution >= 0.6 is 27.0 Å². The van der Waals surface area contributed by atoms with E-state index in [1.54, 1.807) is 62.4 Å². The highest BCUT2D eigenvalue weighted by atomic mass is 32.1. The van der Waals surface area contributed by atoms with E-state index in [4.69, 9.17) is 26.6 Å². The molecular weight excluding hydrogens is 863 g/mol. The fourth-order valence-corrected chi connectivity index (χ4v) is 6.12. The van der Waals surface area contributed by atoms with E-state index in [1.807, 2.05) is 26.0 Å². The van der Waals surface area contributed by atoms with Crippen molar-refractivity contribution in [1.82, 2.24) is 19.9 Å². The molecule has 0 amide bonds. The van der Waals surface area contributed by atoms with E-state index in [9.17, 15) is 18.4 Å². The standard InChI is InChI=1S/C22H22FN5O2.C18H16FN3O2.C4H8N2O.CH4.2H2S/c1-12(25-21-18-10-9-17(23)11-19(18)26-13(2)27-21)14-3-7-16(8-4-14)22(29)30-28-20(24)15-5-6-15;1-10(12-3-5-13(6-4-12)18(23)24)20-17-15-8-7-14(19)9-16(15)21-11(2)22-17;5-4(6-7)3-1-2-3;;;/h3-4,7-12,15H,5-6H2,1-2H3,(H2,24,28)(H,25,26,27);3-10H,1-2H3,(H,23,24)(H,20,21,22);3,7H,1-2H2,(H2,5,6);1H4;2*1H2/t12-;10-;;;;/m00..../s1.